The third-order valence-electron chi connectivity index (χ3n) is 6.45. The lowest BCUT2D eigenvalue weighted by molar-refractivity contribution is 0.593. The van der Waals surface area contributed by atoms with Crippen LogP contribution in [0.1, 0.15) is 37.8 Å². The van der Waals surface area contributed by atoms with Gasteiger partial charge in [0.05, 0.1) is 0 Å². The molecule has 0 aliphatic heterocycles. The van der Waals surface area contributed by atoms with Crippen LogP contribution in [0.15, 0.2) is 89.6 Å². The monoisotopic (exact) mass is 324 g/mol. The van der Waals surface area contributed by atoms with Gasteiger partial charge in [-0.2, -0.15) is 0 Å². The van der Waals surface area contributed by atoms with Crippen LogP contribution >= 0.6 is 0 Å². The molecule has 0 heterocycles. The summed E-state index contributed by atoms with van der Waals surface area (Å²) in [5.41, 5.74) is 9.28. The maximum Gasteiger partial charge on any atom is 0.0122 e. The van der Waals surface area contributed by atoms with Gasteiger partial charge in [0.25, 0.3) is 0 Å². The van der Waals surface area contributed by atoms with Crippen LogP contribution in [0, 0.1) is 11.8 Å². The molecule has 0 nitrogen and oxygen atoms in total. The summed E-state index contributed by atoms with van der Waals surface area (Å²) in [5.74, 6) is 1.03. The Morgan fingerprint density at radius 2 is 1.72 bits per heavy atom. The summed E-state index contributed by atoms with van der Waals surface area (Å²) < 4.78 is 0. The molecule has 25 heavy (non-hydrogen) atoms. The summed E-state index contributed by atoms with van der Waals surface area (Å²) in [5, 5.41) is 0. The minimum Gasteiger partial charge on any atom is -0.0767 e. The highest BCUT2D eigenvalue weighted by Crippen LogP contribution is 2.52. The van der Waals surface area contributed by atoms with Gasteiger partial charge in [-0.05, 0) is 40.7 Å². The van der Waals surface area contributed by atoms with Crippen molar-refractivity contribution in [3.05, 3.63) is 101 Å². The van der Waals surface area contributed by atoms with E-state index in [1.807, 2.05) is 0 Å². The molecule has 0 heteroatoms. The molecule has 0 radical (unpaired) electrons. The Labute approximate surface area is 150 Å². The molecule has 1 aromatic carbocycles. The molecule has 0 aromatic heterocycles. The molecule has 0 bridgehead atoms. The first-order valence-electron chi connectivity index (χ1n) is 9.44. The molecule has 2 atom stereocenters. The quantitative estimate of drug-likeness (QED) is 0.568. The molecule has 4 aliphatic rings. The first-order chi connectivity index (χ1) is 12.2. The highest BCUT2D eigenvalue weighted by atomic mass is 14.4. The SMILES string of the molecule is CC1(C)C2=C(C=C(C3=CC=CC4C=CC=CC34)CC2)c2ccccc21. The maximum atomic E-state index is 2.50. The molecule has 0 amide bonds. The van der Waals surface area contributed by atoms with Crippen molar-refractivity contribution < 1.29 is 0 Å². The molecule has 1 aromatic rings. The normalized spacial score (nSPS) is 28.2. The van der Waals surface area contributed by atoms with Crippen LogP contribution < -0.4 is 0 Å². The Morgan fingerprint density at radius 3 is 2.64 bits per heavy atom. The Hall–Kier alpha value is -2.34. The van der Waals surface area contributed by atoms with E-state index in [0.29, 0.717) is 11.8 Å². The van der Waals surface area contributed by atoms with Crippen molar-refractivity contribution in [2.24, 2.45) is 11.8 Å². The molecule has 124 valence electrons. The third kappa shape index (κ3) is 2.13. The lowest BCUT2D eigenvalue weighted by atomic mass is 9.72. The van der Waals surface area contributed by atoms with Crippen LogP contribution in [0.3, 0.4) is 0 Å². The molecule has 0 saturated heterocycles. The van der Waals surface area contributed by atoms with Crippen LogP contribution in [0.4, 0.5) is 0 Å². The fourth-order valence-electron chi connectivity index (χ4n) is 5.11. The number of fused-ring (bicyclic) bond motifs is 3. The summed E-state index contributed by atoms with van der Waals surface area (Å²) in [7, 11) is 0. The second-order valence-corrected chi connectivity index (χ2v) is 8.11. The lowest BCUT2D eigenvalue weighted by Gasteiger charge is -2.32. The first kappa shape index (κ1) is 15.0. The fraction of sp³-hybridized carbons (Fsp3) is 0.280. The van der Waals surface area contributed by atoms with Gasteiger partial charge < -0.3 is 0 Å². The van der Waals surface area contributed by atoms with E-state index >= 15 is 0 Å². The van der Waals surface area contributed by atoms with E-state index in [2.05, 4.69) is 86.7 Å². The number of rotatable bonds is 1. The molecule has 0 fully saturated rings. The molecule has 5 rings (SSSR count). The minimum absolute atomic E-state index is 0.171. The summed E-state index contributed by atoms with van der Waals surface area (Å²) >= 11 is 0. The smallest absolute Gasteiger partial charge is 0.0122 e. The zero-order valence-electron chi connectivity index (χ0n) is 15.0. The molecular weight excluding hydrogens is 300 g/mol. The average molecular weight is 324 g/mol. The van der Waals surface area contributed by atoms with Gasteiger partial charge in [-0.25, -0.2) is 0 Å². The van der Waals surface area contributed by atoms with Gasteiger partial charge in [-0.3, -0.25) is 0 Å². The Balaban J connectivity index is 1.61. The van der Waals surface area contributed by atoms with Crippen LogP contribution in [0.5, 0.6) is 0 Å². The van der Waals surface area contributed by atoms with E-state index in [1.54, 1.807) is 5.57 Å². The van der Waals surface area contributed by atoms with Gasteiger partial charge in [0.15, 0.2) is 0 Å². The van der Waals surface area contributed by atoms with Crippen molar-refractivity contribution in [2.75, 3.05) is 0 Å². The van der Waals surface area contributed by atoms with Crippen LogP contribution in [-0.2, 0) is 5.41 Å². The predicted octanol–water partition coefficient (Wildman–Crippen LogP) is 6.31. The Kier molecular flexibility index (Phi) is 3.19. The maximum absolute atomic E-state index is 2.50. The summed E-state index contributed by atoms with van der Waals surface area (Å²) in [6.45, 7) is 4.78. The van der Waals surface area contributed by atoms with Crippen molar-refractivity contribution in [3.63, 3.8) is 0 Å². The topological polar surface area (TPSA) is 0 Å². The minimum atomic E-state index is 0.171. The Morgan fingerprint density at radius 1 is 0.920 bits per heavy atom. The standard InChI is InChI=1S/C25H24/c1-25(2)23-13-6-5-11-21(23)22-16-18(14-15-24(22)25)20-12-7-9-17-8-3-4-10-19(17)20/h3-13,16-17,19H,14-15H2,1-2H3. The van der Waals surface area contributed by atoms with E-state index in [1.165, 1.54) is 34.3 Å². The highest BCUT2D eigenvalue weighted by molar-refractivity contribution is 5.88. The average Bonchev–Trinajstić information content (AvgIpc) is 2.89. The van der Waals surface area contributed by atoms with Crippen LogP contribution in [0.2, 0.25) is 0 Å². The van der Waals surface area contributed by atoms with E-state index in [9.17, 15) is 0 Å². The summed E-state index contributed by atoms with van der Waals surface area (Å²) in [6, 6.07) is 8.98. The largest absolute Gasteiger partial charge is 0.0767 e. The molecular formula is C25H24. The summed E-state index contributed by atoms with van der Waals surface area (Å²) in [4.78, 5) is 0. The van der Waals surface area contributed by atoms with E-state index in [-0.39, 0.29) is 5.41 Å². The fourth-order valence-corrected chi connectivity index (χ4v) is 5.11. The van der Waals surface area contributed by atoms with Crippen molar-refractivity contribution in [3.8, 4) is 0 Å². The number of benzene rings is 1. The van der Waals surface area contributed by atoms with E-state index in [0.717, 1.165) is 6.42 Å². The number of hydrogen-bond donors (Lipinski definition) is 0. The number of hydrogen-bond acceptors (Lipinski definition) is 0. The van der Waals surface area contributed by atoms with Crippen LogP contribution in [-0.4, -0.2) is 0 Å². The van der Waals surface area contributed by atoms with E-state index < -0.39 is 0 Å². The second-order valence-electron chi connectivity index (χ2n) is 8.11. The number of allylic oxidation sites excluding steroid dienone is 12. The van der Waals surface area contributed by atoms with E-state index in [4.69, 9.17) is 0 Å². The van der Waals surface area contributed by atoms with Gasteiger partial charge in [0.1, 0.15) is 0 Å². The zero-order chi connectivity index (χ0) is 17.0. The molecule has 2 unspecified atom stereocenters. The van der Waals surface area contributed by atoms with Crippen molar-refractivity contribution in [1.82, 2.24) is 0 Å². The molecule has 4 aliphatic carbocycles. The van der Waals surface area contributed by atoms with Gasteiger partial charge in [0, 0.05) is 17.3 Å². The molecule has 0 N–H and O–H groups in total. The lowest BCUT2D eigenvalue weighted by Crippen LogP contribution is -2.20. The van der Waals surface area contributed by atoms with Crippen LogP contribution in [0.25, 0.3) is 5.57 Å². The van der Waals surface area contributed by atoms with Crippen molar-refractivity contribution in [2.45, 2.75) is 32.1 Å². The molecule has 0 saturated carbocycles. The second kappa shape index (κ2) is 5.33. The van der Waals surface area contributed by atoms with Crippen molar-refractivity contribution >= 4 is 5.57 Å². The van der Waals surface area contributed by atoms with Gasteiger partial charge in [-0.15, -0.1) is 0 Å². The Bertz CT molecular complexity index is 925. The third-order valence-corrected chi connectivity index (χ3v) is 6.45. The molecule has 0 spiro atoms. The van der Waals surface area contributed by atoms with Gasteiger partial charge >= 0.3 is 0 Å². The van der Waals surface area contributed by atoms with Gasteiger partial charge in [0.2, 0.25) is 0 Å². The predicted molar refractivity (Wildman–Crippen MR) is 106 cm³/mol. The zero-order valence-corrected chi connectivity index (χ0v) is 15.0. The first-order valence-corrected chi connectivity index (χ1v) is 9.44. The van der Waals surface area contributed by atoms with Gasteiger partial charge in [-0.1, -0.05) is 92.3 Å². The van der Waals surface area contributed by atoms with Crippen molar-refractivity contribution in [1.29, 1.82) is 0 Å². The summed E-state index contributed by atoms with van der Waals surface area (Å²) in [6.07, 6.45) is 20.9. The highest BCUT2D eigenvalue weighted by Gasteiger charge is 2.38.